The Hall–Kier alpha value is -1.27. The van der Waals surface area contributed by atoms with E-state index in [-0.39, 0.29) is 12.0 Å². The van der Waals surface area contributed by atoms with Crippen molar-refractivity contribution in [3.8, 4) is 0 Å². The molecular formula is C13H20N2O3S. The molecule has 0 saturated carbocycles. The van der Waals surface area contributed by atoms with Crippen LogP contribution in [0.3, 0.4) is 0 Å². The Balaban J connectivity index is 2.87. The summed E-state index contributed by atoms with van der Waals surface area (Å²) in [6.07, 6.45) is 0.929. The normalized spacial score (nSPS) is 14.2. The van der Waals surface area contributed by atoms with Gasteiger partial charge in [0.05, 0.1) is 0 Å². The quantitative estimate of drug-likeness (QED) is 0.614. The molecule has 1 aromatic heterocycles. The highest BCUT2D eigenvalue weighted by atomic mass is 32.1. The molecule has 0 saturated heterocycles. The summed E-state index contributed by atoms with van der Waals surface area (Å²) < 4.78 is 5.33. The highest BCUT2D eigenvalue weighted by Crippen LogP contribution is 2.27. The summed E-state index contributed by atoms with van der Waals surface area (Å²) in [5.41, 5.74) is 0.378. The number of aromatic nitrogens is 1. The van der Waals surface area contributed by atoms with Crippen molar-refractivity contribution < 1.29 is 14.3 Å². The number of aldehydes is 1. The second-order valence-electron chi connectivity index (χ2n) is 4.70. The minimum absolute atomic E-state index is 0.216. The van der Waals surface area contributed by atoms with E-state index >= 15 is 0 Å². The smallest absolute Gasteiger partial charge is 0.303 e. The molecule has 19 heavy (non-hydrogen) atoms. The lowest BCUT2D eigenvalue weighted by atomic mass is 9.98. The fourth-order valence-corrected chi connectivity index (χ4v) is 2.66. The van der Waals surface area contributed by atoms with Crippen LogP contribution in [-0.4, -0.2) is 30.3 Å². The molecule has 1 N–H and O–H groups in total. The predicted molar refractivity (Wildman–Crippen MR) is 74.3 cm³/mol. The third-order valence-electron chi connectivity index (χ3n) is 2.89. The molecule has 0 fully saturated rings. The largest absolute Gasteiger partial charge is 0.455 e. The summed E-state index contributed by atoms with van der Waals surface area (Å²) >= 11 is 1.34. The van der Waals surface area contributed by atoms with Gasteiger partial charge in [0.15, 0.2) is 12.4 Å². The number of rotatable bonds is 7. The maximum Gasteiger partial charge on any atom is 0.303 e. The SMILES string of the molecule is CN[C@H](C[C@@H](OC(C)=O)c1nc(C=O)cs1)C(C)C. The van der Waals surface area contributed by atoms with Gasteiger partial charge in [0.25, 0.3) is 0 Å². The zero-order chi connectivity index (χ0) is 14.4. The number of ether oxygens (including phenoxy) is 1. The van der Waals surface area contributed by atoms with Crippen molar-refractivity contribution in [3.63, 3.8) is 0 Å². The number of carbonyl (C=O) groups excluding carboxylic acids is 2. The lowest BCUT2D eigenvalue weighted by Gasteiger charge is -2.24. The first-order valence-corrected chi connectivity index (χ1v) is 7.11. The Morgan fingerprint density at radius 1 is 1.58 bits per heavy atom. The Morgan fingerprint density at radius 2 is 2.26 bits per heavy atom. The molecule has 106 valence electrons. The number of esters is 1. The van der Waals surface area contributed by atoms with Gasteiger partial charge in [-0.3, -0.25) is 9.59 Å². The summed E-state index contributed by atoms with van der Waals surface area (Å²) in [6, 6.07) is 0.216. The van der Waals surface area contributed by atoms with E-state index in [2.05, 4.69) is 24.1 Å². The van der Waals surface area contributed by atoms with Crippen LogP contribution in [0.4, 0.5) is 0 Å². The van der Waals surface area contributed by atoms with Gasteiger partial charge in [-0.15, -0.1) is 11.3 Å². The molecule has 0 radical (unpaired) electrons. The van der Waals surface area contributed by atoms with Gasteiger partial charge in [0, 0.05) is 24.8 Å². The van der Waals surface area contributed by atoms with Crippen molar-refractivity contribution in [1.29, 1.82) is 0 Å². The fourth-order valence-electron chi connectivity index (χ4n) is 1.86. The maximum atomic E-state index is 11.2. The van der Waals surface area contributed by atoms with E-state index in [1.54, 1.807) is 5.38 Å². The van der Waals surface area contributed by atoms with Crippen LogP contribution < -0.4 is 5.32 Å². The molecule has 2 atom stereocenters. The summed E-state index contributed by atoms with van der Waals surface area (Å²) in [4.78, 5) is 26.1. The van der Waals surface area contributed by atoms with Crippen LogP contribution in [0.1, 0.15) is 48.8 Å². The molecule has 0 amide bonds. The molecule has 0 aromatic carbocycles. The first-order chi connectivity index (χ1) is 8.97. The summed E-state index contributed by atoms with van der Waals surface area (Å²) in [7, 11) is 1.88. The molecule has 1 rings (SSSR count). The number of hydrogen-bond acceptors (Lipinski definition) is 6. The predicted octanol–water partition coefficient (Wildman–Crippen LogP) is 2.19. The van der Waals surface area contributed by atoms with Crippen LogP contribution in [0.2, 0.25) is 0 Å². The van der Waals surface area contributed by atoms with Gasteiger partial charge >= 0.3 is 5.97 Å². The maximum absolute atomic E-state index is 11.2. The summed E-state index contributed by atoms with van der Waals surface area (Å²) in [6.45, 7) is 5.58. The Morgan fingerprint density at radius 3 is 2.68 bits per heavy atom. The summed E-state index contributed by atoms with van der Waals surface area (Å²) in [5, 5.41) is 5.55. The highest BCUT2D eigenvalue weighted by Gasteiger charge is 2.24. The minimum atomic E-state index is -0.406. The van der Waals surface area contributed by atoms with E-state index in [0.29, 0.717) is 29.3 Å². The minimum Gasteiger partial charge on any atom is -0.455 e. The Bertz CT molecular complexity index is 431. The number of hydrogen-bond donors (Lipinski definition) is 1. The molecule has 1 aromatic rings. The average molecular weight is 284 g/mol. The van der Waals surface area contributed by atoms with Crippen molar-refractivity contribution in [2.75, 3.05) is 7.05 Å². The molecular weight excluding hydrogens is 264 g/mol. The standard InChI is InChI=1S/C13H20N2O3S/c1-8(2)11(14-4)5-12(18-9(3)17)13-15-10(6-16)7-19-13/h6-8,11-12,14H,5H2,1-4H3/t11-,12-/m1/s1. The van der Waals surface area contributed by atoms with E-state index in [4.69, 9.17) is 4.74 Å². The average Bonchev–Trinajstić information content (AvgIpc) is 2.82. The lowest BCUT2D eigenvalue weighted by Crippen LogP contribution is -2.33. The molecule has 0 aliphatic rings. The van der Waals surface area contributed by atoms with Gasteiger partial charge in [-0.2, -0.15) is 0 Å². The van der Waals surface area contributed by atoms with Crippen molar-refractivity contribution in [1.82, 2.24) is 10.3 Å². The molecule has 0 spiro atoms. The van der Waals surface area contributed by atoms with E-state index in [1.807, 2.05) is 7.05 Å². The Labute approximate surface area is 117 Å². The van der Waals surface area contributed by atoms with Crippen LogP contribution >= 0.6 is 11.3 Å². The molecule has 0 aliphatic heterocycles. The van der Waals surface area contributed by atoms with Crippen LogP contribution in [0, 0.1) is 5.92 Å². The number of nitrogens with zero attached hydrogens (tertiary/aromatic N) is 1. The molecule has 0 aliphatic carbocycles. The van der Waals surface area contributed by atoms with Crippen LogP contribution in [-0.2, 0) is 9.53 Å². The van der Waals surface area contributed by atoms with Gasteiger partial charge < -0.3 is 10.1 Å². The third-order valence-corrected chi connectivity index (χ3v) is 3.84. The van der Waals surface area contributed by atoms with Crippen molar-refractivity contribution >= 4 is 23.6 Å². The first-order valence-electron chi connectivity index (χ1n) is 6.23. The zero-order valence-corrected chi connectivity index (χ0v) is 12.5. The van der Waals surface area contributed by atoms with Crippen LogP contribution in [0.15, 0.2) is 5.38 Å². The number of thiazole rings is 1. The molecule has 6 heteroatoms. The first kappa shape index (κ1) is 15.8. The van der Waals surface area contributed by atoms with Gasteiger partial charge in [-0.1, -0.05) is 13.8 Å². The van der Waals surface area contributed by atoms with Crippen molar-refractivity contribution in [3.05, 3.63) is 16.1 Å². The van der Waals surface area contributed by atoms with Crippen molar-refractivity contribution in [2.24, 2.45) is 5.92 Å². The third kappa shape index (κ3) is 4.72. The van der Waals surface area contributed by atoms with Crippen LogP contribution in [0.5, 0.6) is 0 Å². The Kier molecular flexibility index (Phi) is 6.11. The molecule has 0 unspecified atom stereocenters. The molecule has 0 bridgehead atoms. The lowest BCUT2D eigenvalue weighted by molar-refractivity contribution is -0.147. The monoisotopic (exact) mass is 284 g/mol. The molecule has 5 nitrogen and oxygen atoms in total. The highest BCUT2D eigenvalue weighted by molar-refractivity contribution is 7.09. The second kappa shape index (κ2) is 7.35. The molecule has 1 heterocycles. The second-order valence-corrected chi connectivity index (χ2v) is 5.59. The van der Waals surface area contributed by atoms with Crippen molar-refractivity contribution in [2.45, 2.75) is 39.3 Å². The van der Waals surface area contributed by atoms with Crippen LogP contribution in [0.25, 0.3) is 0 Å². The summed E-state index contributed by atoms with van der Waals surface area (Å²) in [5.74, 6) is 0.0695. The van der Waals surface area contributed by atoms with Gasteiger partial charge in [-0.25, -0.2) is 4.98 Å². The number of nitrogens with one attached hydrogen (secondary N) is 1. The van der Waals surface area contributed by atoms with Gasteiger partial charge in [0.2, 0.25) is 0 Å². The van der Waals surface area contributed by atoms with E-state index in [1.165, 1.54) is 18.3 Å². The van der Waals surface area contributed by atoms with E-state index in [9.17, 15) is 9.59 Å². The van der Waals surface area contributed by atoms with E-state index in [0.717, 1.165) is 0 Å². The van der Waals surface area contributed by atoms with E-state index < -0.39 is 6.10 Å². The van der Waals surface area contributed by atoms with Gasteiger partial charge in [-0.05, 0) is 13.0 Å². The fraction of sp³-hybridized carbons (Fsp3) is 0.615. The topological polar surface area (TPSA) is 68.3 Å². The van der Waals surface area contributed by atoms with Gasteiger partial charge in [0.1, 0.15) is 10.7 Å². The zero-order valence-electron chi connectivity index (χ0n) is 11.7. The number of carbonyl (C=O) groups is 2.